The molecule has 2 aliphatic rings. The Hall–Kier alpha value is -0.670. The highest BCUT2D eigenvalue weighted by molar-refractivity contribution is 5.87. The van der Waals surface area contributed by atoms with Crippen LogP contribution in [0.15, 0.2) is 12.2 Å². The molecule has 0 spiro atoms. The van der Waals surface area contributed by atoms with Crippen molar-refractivity contribution in [2.45, 2.75) is 38.3 Å². The number of hydrogen-bond acceptors (Lipinski definition) is 3. The number of fused-ring (bicyclic) bond motifs is 1. The van der Waals surface area contributed by atoms with Crippen molar-refractivity contribution in [1.82, 2.24) is 5.06 Å². The minimum atomic E-state index is 0.0932. The minimum absolute atomic E-state index is 0.0932. The lowest BCUT2D eigenvalue weighted by atomic mass is 10.1. The molecule has 2 fully saturated rings. The van der Waals surface area contributed by atoms with Gasteiger partial charge in [-0.1, -0.05) is 6.08 Å². The van der Waals surface area contributed by atoms with Gasteiger partial charge in [0.05, 0.1) is 6.10 Å². The van der Waals surface area contributed by atoms with E-state index in [1.54, 1.807) is 13.0 Å². The maximum atomic E-state index is 10.7. The summed E-state index contributed by atoms with van der Waals surface area (Å²) in [6.07, 6.45) is 7.14. The fourth-order valence-electron chi connectivity index (χ4n) is 2.03. The van der Waals surface area contributed by atoms with E-state index >= 15 is 0 Å². The van der Waals surface area contributed by atoms with Gasteiger partial charge in [-0.25, -0.2) is 0 Å². The van der Waals surface area contributed by atoms with Crippen molar-refractivity contribution >= 4 is 5.78 Å². The molecule has 2 saturated heterocycles. The SMILES string of the molecule is CC(=O)/C=C/[C@@H]1C[C@H]2CCCN2O1. The van der Waals surface area contributed by atoms with E-state index in [0.29, 0.717) is 6.04 Å². The monoisotopic (exact) mass is 181 g/mol. The summed E-state index contributed by atoms with van der Waals surface area (Å²) < 4.78 is 0. The van der Waals surface area contributed by atoms with Gasteiger partial charge >= 0.3 is 0 Å². The van der Waals surface area contributed by atoms with E-state index in [-0.39, 0.29) is 11.9 Å². The Labute approximate surface area is 78.3 Å². The average molecular weight is 181 g/mol. The van der Waals surface area contributed by atoms with Crippen LogP contribution in [0.3, 0.4) is 0 Å². The van der Waals surface area contributed by atoms with Gasteiger partial charge in [-0.2, -0.15) is 5.06 Å². The van der Waals surface area contributed by atoms with Crippen LogP contribution in [0, 0.1) is 0 Å². The molecule has 3 nitrogen and oxygen atoms in total. The molecule has 0 aromatic carbocycles. The molecule has 0 unspecified atom stereocenters. The molecule has 0 aromatic heterocycles. The quantitative estimate of drug-likeness (QED) is 0.601. The third kappa shape index (κ3) is 1.98. The second kappa shape index (κ2) is 3.60. The lowest BCUT2D eigenvalue weighted by Gasteiger charge is -2.11. The summed E-state index contributed by atoms with van der Waals surface area (Å²) in [5.41, 5.74) is 0. The Morgan fingerprint density at radius 3 is 3.15 bits per heavy atom. The molecule has 13 heavy (non-hydrogen) atoms. The second-order valence-corrected chi connectivity index (χ2v) is 3.79. The molecular weight excluding hydrogens is 166 g/mol. The third-order valence-electron chi connectivity index (χ3n) is 2.64. The van der Waals surface area contributed by atoms with Crippen molar-refractivity contribution in [2.24, 2.45) is 0 Å². The molecule has 0 saturated carbocycles. The van der Waals surface area contributed by atoms with E-state index in [4.69, 9.17) is 4.84 Å². The lowest BCUT2D eigenvalue weighted by Crippen LogP contribution is -2.20. The van der Waals surface area contributed by atoms with Crippen LogP contribution in [0.2, 0.25) is 0 Å². The van der Waals surface area contributed by atoms with Crippen LogP contribution in [0.25, 0.3) is 0 Å². The van der Waals surface area contributed by atoms with Gasteiger partial charge in [0.25, 0.3) is 0 Å². The van der Waals surface area contributed by atoms with Crippen molar-refractivity contribution in [3.05, 3.63) is 12.2 Å². The highest BCUT2D eigenvalue weighted by Gasteiger charge is 2.35. The van der Waals surface area contributed by atoms with E-state index < -0.39 is 0 Å². The number of hydroxylamine groups is 2. The number of rotatable bonds is 2. The van der Waals surface area contributed by atoms with E-state index in [0.717, 1.165) is 13.0 Å². The van der Waals surface area contributed by atoms with E-state index in [1.165, 1.54) is 12.8 Å². The average Bonchev–Trinajstić information content (AvgIpc) is 2.58. The first-order valence-corrected chi connectivity index (χ1v) is 4.88. The Morgan fingerprint density at radius 2 is 2.46 bits per heavy atom. The number of allylic oxidation sites excluding steroid dienone is 1. The van der Waals surface area contributed by atoms with Gasteiger partial charge in [0.15, 0.2) is 5.78 Å². The van der Waals surface area contributed by atoms with Gasteiger partial charge in [-0.05, 0) is 32.3 Å². The van der Waals surface area contributed by atoms with Gasteiger partial charge < -0.3 is 0 Å². The molecular formula is C10H15NO2. The molecule has 2 rings (SSSR count). The number of carbonyl (C=O) groups is 1. The summed E-state index contributed by atoms with van der Waals surface area (Å²) in [7, 11) is 0. The smallest absolute Gasteiger partial charge is 0.152 e. The molecule has 0 bridgehead atoms. The highest BCUT2D eigenvalue weighted by Crippen LogP contribution is 2.30. The fraction of sp³-hybridized carbons (Fsp3) is 0.700. The van der Waals surface area contributed by atoms with Crippen molar-refractivity contribution < 1.29 is 9.63 Å². The summed E-state index contributed by atoms with van der Waals surface area (Å²) in [5, 5.41) is 2.06. The molecule has 2 atom stereocenters. The maximum absolute atomic E-state index is 10.7. The van der Waals surface area contributed by atoms with E-state index in [9.17, 15) is 4.79 Å². The maximum Gasteiger partial charge on any atom is 0.152 e. The van der Waals surface area contributed by atoms with Crippen LogP contribution in [0.4, 0.5) is 0 Å². The standard InChI is InChI=1S/C10H15NO2/c1-8(12)4-5-10-7-9-3-2-6-11(9)13-10/h4-5,9-10H,2-3,6-7H2,1H3/b5-4+/t9-,10-/m1/s1. The third-order valence-corrected chi connectivity index (χ3v) is 2.64. The molecule has 0 radical (unpaired) electrons. The molecule has 72 valence electrons. The molecule has 0 N–H and O–H groups in total. The van der Waals surface area contributed by atoms with E-state index in [1.807, 2.05) is 6.08 Å². The first-order chi connectivity index (χ1) is 6.25. The Bertz CT molecular complexity index is 225. The second-order valence-electron chi connectivity index (χ2n) is 3.79. The zero-order valence-electron chi connectivity index (χ0n) is 7.90. The molecule has 0 aromatic rings. The number of ketones is 1. The van der Waals surface area contributed by atoms with Crippen molar-refractivity contribution in [3.8, 4) is 0 Å². The Kier molecular flexibility index (Phi) is 2.47. The predicted molar refractivity (Wildman–Crippen MR) is 49.0 cm³/mol. The summed E-state index contributed by atoms with van der Waals surface area (Å²) in [6.45, 7) is 2.61. The van der Waals surface area contributed by atoms with Gasteiger partial charge in [0.2, 0.25) is 0 Å². The van der Waals surface area contributed by atoms with Gasteiger partial charge in [-0.15, -0.1) is 0 Å². The summed E-state index contributed by atoms with van der Waals surface area (Å²) in [5.74, 6) is 0.0932. The first-order valence-electron chi connectivity index (χ1n) is 4.88. The van der Waals surface area contributed by atoms with Crippen LogP contribution in [0.1, 0.15) is 26.2 Å². The van der Waals surface area contributed by atoms with Crippen molar-refractivity contribution in [1.29, 1.82) is 0 Å². The number of nitrogens with zero attached hydrogens (tertiary/aromatic N) is 1. The highest BCUT2D eigenvalue weighted by atomic mass is 16.7. The molecule has 0 aliphatic carbocycles. The van der Waals surface area contributed by atoms with Crippen LogP contribution >= 0.6 is 0 Å². The summed E-state index contributed by atoms with van der Waals surface area (Å²) >= 11 is 0. The fourth-order valence-corrected chi connectivity index (χ4v) is 2.03. The first kappa shape index (κ1) is 8.91. The number of hydrogen-bond donors (Lipinski definition) is 0. The molecule has 2 heterocycles. The Balaban J connectivity index is 1.88. The van der Waals surface area contributed by atoms with Crippen LogP contribution in [-0.2, 0) is 9.63 Å². The van der Waals surface area contributed by atoms with E-state index in [2.05, 4.69) is 5.06 Å². The van der Waals surface area contributed by atoms with Gasteiger partial charge in [-0.3, -0.25) is 9.63 Å². The molecule has 2 aliphatic heterocycles. The van der Waals surface area contributed by atoms with Gasteiger partial charge in [0, 0.05) is 12.6 Å². The van der Waals surface area contributed by atoms with Crippen LogP contribution in [0.5, 0.6) is 0 Å². The zero-order valence-corrected chi connectivity index (χ0v) is 7.90. The van der Waals surface area contributed by atoms with Crippen molar-refractivity contribution in [3.63, 3.8) is 0 Å². The lowest BCUT2D eigenvalue weighted by molar-refractivity contribution is -0.134. The van der Waals surface area contributed by atoms with Gasteiger partial charge in [0.1, 0.15) is 0 Å². The van der Waals surface area contributed by atoms with Crippen LogP contribution < -0.4 is 0 Å². The largest absolute Gasteiger partial charge is 0.295 e. The molecule has 0 amide bonds. The minimum Gasteiger partial charge on any atom is -0.295 e. The zero-order chi connectivity index (χ0) is 9.26. The molecule has 3 heteroatoms. The topological polar surface area (TPSA) is 29.5 Å². The Morgan fingerprint density at radius 1 is 1.62 bits per heavy atom. The normalized spacial score (nSPS) is 34.2. The van der Waals surface area contributed by atoms with Crippen molar-refractivity contribution in [2.75, 3.05) is 6.54 Å². The van der Waals surface area contributed by atoms with Crippen LogP contribution in [-0.4, -0.2) is 29.5 Å². The predicted octanol–water partition coefficient (Wildman–Crippen LogP) is 1.30. The summed E-state index contributed by atoms with van der Waals surface area (Å²) in [6, 6.07) is 0.599. The number of carbonyl (C=O) groups excluding carboxylic acids is 1. The summed E-state index contributed by atoms with van der Waals surface area (Å²) in [4.78, 5) is 16.3.